The van der Waals surface area contributed by atoms with Gasteiger partial charge in [0.2, 0.25) is 0 Å². The molecule has 0 aliphatic carbocycles. The molecule has 1 saturated heterocycles. The van der Waals surface area contributed by atoms with E-state index in [1.54, 1.807) is 0 Å². The maximum Gasteiger partial charge on any atom is 0.127 e. The van der Waals surface area contributed by atoms with Gasteiger partial charge >= 0.3 is 0 Å². The molecule has 0 saturated carbocycles. The molecular formula is C14H18BrNO3. The zero-order chi connectivity index (χ0) is 13.2. The minimum atomic E-state index is 0.0878. The van der Waals surface area contributed by atoms with Crippen LogP contribution in [0.3, 0.4) is 0 Å². The Morgan fingerprint density at radius 1 is 1.37 bits per heavy atom. The van der Waals surface area contributed by atoms with Gasteiger partial charge in [-0.25, -0.2) is 0 Å². The molecule has 1 aromatic carbocycles. The fourth-order valence-corrected chi connectivity index (χ4v) is 3.30. The van der Waals surface area contributed by atoms with E-state index in [2.05, 4.69) is 33.0 Å². The zero-order valence-electron chi connectivity index (χ0n) is 10.8. The molecule has 5 heteroatoms. The number of ether oxygens (including phenoxy) is 2. The predicted molar refractivity (Wildman–Crippen MR) is 75.4 cm³/mol. The van der Waals surface area contributed by atoms with Gasteiger partial charge in [0.05, 0.1) is 32.5 Å². The number of hydrogen-bond donors (Lipinski definition) is 1. The monoisotopic (exact) mass is 327 g/mol. The van der Waals surface area contributed by atoms with Gasteiger partial charge in [-0.2, -0.15) is 0 Å². The predicted octanol–water partition coefficient (Wildman–Crippen LogP) is 1.58. The number of fused-ring (bicyclic) bond motifs is 1. The summed E-state index contributed by atoms with van der Waals surface area (Å²) in [7, 11) is 0. The van der Waals surface area contributed by atoms with Crippen LogP contribution in [0.4, 0.5) is 0 Å². The average Bonchev–Trinajstić information content (AvgIpc) is 2.87. The summed E-state index contributed by atoms with van der Waals surface area (Å²) in [5, 5.41) is 9.43. The summed E-state index contributed by atoms with van der Waals surface area (Å²) in [5.74, 6) is 1.03. The Kier molecular flexibility index (Phi) is 4.07. The van der Waals surface area contributed by atoms with E-state index >= 15 is 0 Å². The third-order valence-corrected chi connectivity index (χ3v) is 4.22. The lowest BCUT2D eigenvalue weighted by Gasteiger charge is -2.34. The molecule has 1 fully saturated rings. The number of morpholine rings is 1. The molecule has 1 unspecified atom stereocenters. The SMILES string of the molecule is OCC1COCCN1Cc1cc(Br)cc2c1OCC2. The standard InChI is InChI=1S/C14H18BrNO3/c15-12-5-10-1-3-19-14(10)11(6-12)7-16-2-4-18-9-13(16)8-17/h5-6,13,17H,1-4,7-9H2. The first-order chi connectivity index (χ1) is 9.28. The van der Waals surface area contributed by atoms with Crippen molar-refractivity contribution >= 4 is 15.9 Å². The van der Waals surface area contributed by atoms with Crippen molar-refractivity contribution < 1.29 is 14.6 Å². The van der Waals surface area contributed by atoms with Gasteiger partial charge in [-0.05, 0) is 17.7 Å². The Labute approximate surface area is 121 Å². The molecule has 2 aliphatic heterocycles. The van der Waals surface area contributed by atoms with E-state index in [4.69, 9.17) is 9.47 Å². The molecule has 0 radical (unpaired) electrons. The van der Waals surface area contributed by atoms with Crippen LogP contribution in [-0.4, -0.2) is 49.0 Å². The number of nitrogens with zero attached hydrogens (tertiary/aromatic N) is 1. The van der Waals surface area contributed by atoms with Crippen molar-refractivity contribution in [2.45, 2.75) is 19.0 Å². The van der Waals surface area contributed by atoms with Crippen LogP contribution in [0.5, 0.6) is 5.75 Å². The van der Waals surface area contributed by atoms with Crippen molar-refractivity contribution in [1.29, 1.82) is 0 Å². The van der Waals surface area contributed by atoms with Crippen molar-refractivity contribution in [1.82, 2.24) is 4.90 Å². The van der Waals surface area contributed by atoms with Crippen molar-refractivity contribution in [3.05, 3.63) is 27.7 Å². The zero-order valence-corrected chi connectivity index (χ0v) is 12.4. The maximum atomic E-state index is 9.43. The number of aliphatic hydroxyl groups excluding tert-OH is 1. The first-order valence-electron chi connectivity index (χ1n) is 6.64. The van der Waals surface area contributed by atoms with Crippen molar-refractivity contribution in [2.24, 2.45) is 0 Å². The van der Waals surface area contributed by atoms with Crippen molar-refractivity contribution in [3.8, 4) is 5.75 Å². The van der Waals surface area contributed by atoms with E-state index in [1.807, 2.05) is 0 Å². The molecule has 104 valence electrons. The van der Waals surface area contributed by atoms with Gasteiger partial charge in [0.1, 0.15) is 5.75 Å². The molecular weight excluding hydrogens is 310 g/mol. The van der Waals surface area contributed by atoms with Gasteiger partial charge in [-0.15, -0.1) is 0 Å². The van der Waals surface area contributed by atoms with Gasteiger partial charge in [-0.3, -0.25) is 4.90 Å². The summed E-state index contributed by atoms with van der Waals surface area (Å²) in [6, 6.07) is 4.34. The number of rotatable bonds is 3. The first kappa shape index (κ1) is 13.4. The average molecular weight is 328 g/mol. The lowest BCUT2D eigenvalue weighted by Crippen LogP contribution is -2.46. The lowest BCUT2D eigenvalue weighted by atomic mass is 10.1. The Morgan fingerprint density at radius 3 is 3.11 bits per heavy atom. The number of hydrogen-bond acceptors (Lipinski definition) is 4. The third-order valence-electron chi connectivity index (χ3n) is 3.76. The smallest absolute Gasteiger partial charge is 0.127 e. The normalized spacial score (nSPS) is 23.2. The summed E-state index contributed by atoms with van der Waals surface area (Å²) in [4.78, 5) is 2.27. The summed E-state index contributed by atoms with van der Waals surface area (Å²) >= 11 is 3.56. The first-order valence-corrected chi connectivity index (χ1v) is 7.44. The van der Waals surface area contributed by atoms with E-state index in [0.717, 1.165) is 42.9 Å². The van der Waals surface area contributed by atoms with Gasteiger partial charge in [-0.1, -0.05) is 15.9 Å². The van der Waals surface area contributed by atoms with Crippen molar-refractivity contribution in [3.63, 3.8) is 0 Å². The number of aliphatic hydroxyl groups is 1. The molecule has 2 aliphatic rings. The molecule has 0 amide bonds. The third kappa shape index (κ3) is 2.79. The summed E-state index contributed by atoms with van der Waals surface area (Å²) < 4.78 is 12.3. The molecule has 2 heterocycles. The molecule has 0 aromatic heterocycles. The summed E-state index contributed by atoms with van der Waals surface area (Å²) in [5.41, 5.74) is 2.47. The maximum absolute atomic E-state index is 9.43. The molecule has 1 N–H and O–H groups in total. The minimum Gasteiger partial charge on any atom is -0.493 e. The number of benzene rings is 1. The van der Waals surface area contributed by atoms with E-state index in [-0.39, 0.29) is 12.6 Å². The Hall–Kier alpha value is -0.620. The largest absolute Gasteiger partial charge is 0.493 e. The van der Waals surface area contributed by atoms with E-state index in [0.29, 0.717) is 6.61 Å². The summed E-state index contributed by atoms with van der Waals surface area (Å²) in [6.07, 6.45) is 0.980. The highest BCUT2D eigenvalue weighted by Gasteiger charge is 2.25. The molecule has 0 spiro atoms. The number of halogens is 1. The van der Waals surface area contributed by atoms with Crippen LogP contribution < -0.4 is 4.74 Å². The lowest BCUT2D eigenvalue weighted by molar-refractivity contribution is -0.0315. The van der Waals surface area contributed by atoms with E-state index in [1.165, 1.54) is 11.1 Å². The Morgan fingerprint density at radius 2 is 2.26 bits per heavy atom. The van der Waals surface area contributed by atoms with E-state index in [9.17, 15) is 5.11 Å². The quantitative estimate of drug-likeness (QED) is 0.915. The fraction of sp³-hybridized carbons (Fsp3) is 0.571. The van der Waals surface area contributed by atoms with E-state index < -0.39 is 0 Å². The molecule has 3 rings (SSSR count). The molecule has 0 bridgehead atoms. The van der Waals surface area contributed by atoms with Gasteiger partial charge in [0.25, 0.3) is 0 Å². The van der Waals surface area contributed by atoms with Crippen LogP contribution in [0, 0.1) is 0 Å². The fourth-order valence-electron chi connectivity index (χ4n) is 2.75. The molecule has 1 atom stereocenters. The van der Waals surface area contributed by atoms with Gasteiger partial charge in [0.15, 0.2) is 0 Å². The highest BCUT2D eigenvalue weighted by atomic mass is 79.9. The van der Waals surface area contributed by atoms with Crippen LogP contribution in [0.2, 0.25) is 0 Å². The van der Waals surface area contributed by atoms with Crippen molar-refractivity contribution in [2.75, 3.05) is 33.0 Å². The Bertz CT molecular complexity index is 466. The Balaban J connectivity index is 1.82. The second-order valence-corrected chi connectivity index (χ2v) is 5.95. The molecule has 19 heavy (non-hydrogen) atoms. The van der Waals surface area contributed by atoms with Crippen LogP contribution >= 0.6 is 15.9 Å². The molecule has 1 aromatic rings. The second kappa shape index (κ2) is 5.79. The van der Waals surface area contributed by atoms with Gasteiger partial charge in [0, 0.05) is 29.5 Å². The molecule has 4 nitrogen and oxygen atoms in total. The van der Waals surface area contributed by atoms with Gasteiger partial charge < -0.3 is 14.6 Å². The summed E-state index contributed by atoms with van der Waals surface area (Å²) in [6.45, 7) is 3.90. The highest BCUT2D eigenvalue weighted by molar-refractivity contribution is 9.10. The minimum absolute atomic E-state index is 0.0878. The van der Waals surface area contributed by atoms with Crippen LogP contribution in [0.15, 0.2) is 16.6 Å². The van der Waals surface area contributed by atoms with Crippen LogP contribution in [0.25, 0.3) is 0 Å². The van der Waals surface area contributed by atoms with Crippen LogP contribution in [-0.2, 0) is 17.7 Å². The van der Waals surface area contributed by atoms with Crippen LogP contribution in [0.1, 0.15) is 11.1 Å². The topological polar surface area (TPSA) is 41.9 Å². The second-order valence-electron chi connectivity index (χ2n) is 5.03. The highest BCUT2D eigenvalue weighted by Crippen LogP contribution is 2.34.